The van der Waals surface area contributed by atoms with E-state index in [1.165, 1.54) is 24.6 Å². The Hall–Kier alpha value is -1.42. The molecule has 1 fully saturated rings. The largest absolute Gasteiger partial charge is 0.478 e. The zero-order valence-corrected chi connectivity index (χ0v) is 11.2. The molecule has 0 spiro atoms. The molecule has 1 unspecified atom stereocenters. The minimum atomic E-state index is -0.986. The highest BCUT2D eigenvalue weighted by molar-refractivity contribution is 5.89. The number of benzene rings is 1. The lowest BCUT2D eigenvalue weighted by molar-refractivity contribution is 0.0692. The molecule has 0 saturated carbocycles. The molecule has 1 atom stereocenters. The van der Waals surface area contributed by atoms with Crippen LogP contribution in [-0.2, 0) is 6.54 Å². The number of carboxylic acids is 1. The number of rotatable bonds is 4. The van der Waals surface area contributed by atoms with Crippen molar-refractivity contribution in [1.29, 1.82) is 0 Å². The summed E-state index contributed by atoms with van der Waals surface area (Å²) in [6.07, 6.45) is 4.56. The van der Waals surface area contributed by atoms with Gasteiger partial charge in [0.2, 0.25) is 0 Å². The molecule has 19 heavy (non-hydrogen) atoms. The molecule has 0 radical (unpaired) electrons. The molecule has 0 aromatic heterocycles. The molecule has 1 N–H and O–H groups in total. The van der Waals surface area contributed by atoms with Crippen LogP contribution in [0.15, 0.2) is 18.2 Å². The van der Waals surface area contributed by atoms with E-state index in [1.54, 1.807) is 0 Å². The molecule has 0 aliphatic carbocycles. The smallest absolute Gasteiger partial charge is 0.336 e. The van der Waals surface area contributed by atoms with Crippen LogP contribution in [0.2, 0.25) is 0 Å². The van der Waals surface area contributed by atoms with Gasteiger partial charge in [-0.25, -0.2) is 9.18 Å². The predicted molar refractivity (Wildman–Crippen MR) is 71.7 cm³/mol. The third kappa shape index (κ3) is 3.32. The normalized spacial score (nSPS) is 20.4. The Morgan fingerprint density at radius 2 is 2.26 bits per heavy atom. The van der Waals surface area contributed by atoms with Gasteiger partial charge in [0.05, 0.1) is 5.56 Å². The topological polar surface area (TPSA) is 40.5 Å². The SMILES string of the molecule is CCC1CCCCN1Cc1cc(F)ccc1C(=O)O. The molecule has 1 aromatic carbocycles. The van der Waals surface area contributed by atoms with E-state index in [0.717, 1.165) is 25.8 Å². The molecule has 1 heterocycles. The second-order valence-corrected chi connectivity index (χ2v) is 5.13. The number of carbonyl (C=O) groups is 1. The first-order chi connectivity index (χ1) is 9.11. The van der Waals surface area contributed by atoms with E-state index in [1.807, 2.05) is 0 Å². The van der Waals surface area contributed by atoms with Crippen molar-refractivity contribution in [2.75, 3.05) is 6.54 Å². The molecule has 104 valence electrons. The maximum absolute atomic E-state index is 13.3. The maximum atomic E-state index is 13.3. The summed E-state index contributed by atoms with van der Waals surface area (Å²) in [6, 6.07) is 4.40. The van der Waals surface area contributed by atoms with Gasteiger partial charge in [-0.3, -0.25) is 4.90 Å². The van der Waals surface area contributed by atoms with Gasteiger partial charge in [-0.05, 0) is 49.6 Å². The quantitative estimate of drug-likeness (QED) is 0.908. The van der Waals surface area contributed by atoms with Crippen molar-refractivity contribution >= 4 is 5.97 Å². The summed E-state index contributed by atoms with van der Waals surface area (Å²) >= 11 is 0. The number of hydrogen-bond donors (Lipinski definition) is 1. The summed E-state index contributed by atoms with van der Waals surface area (Å²) in [5, 5.41) is 9.17. The first-order valence-electron chi connectivity index (χ1n) is 6.87. The van der Waals surface area contributed by atoms with E-state index in [2.05, 4.69) is 11.8 Å². The first-order valence-corrected chi connectivity index (χ1v) is 6.87. The highest BCUT2D eigenvalue weighted by Crippen LogP contribution is 2.23. The van der Waals surface area contributed by atoms with Crippen molar-refractivity contribution < 1.29 is 14.3 Å². The Balaban J connectivity index is 2.21. The molecular formula is C15H20FNO2. The van der Waals surface area contributed by atoms with Gasteiger partial charge in [0.25, 0.3) is 0 Å². The van der Waals surface area contributed by atoms with Crippen molar-refractivity contribution in [3.05, 3.63) is 35.1 Å². The number of nitrogens with zero attached hydrogens (tertiary/aromatic N) is 1. The maximum Gasteiger partial charge on any atom is 0.336 e. The standard InChI is InChI=1S/C15H20FNO2/c1-2-13-5-3-4-8-17(13)10-11-9-12(16)6-7-14(11)15(18)19/h6-7,9,13H,2-5,8,10H2,1H3,(H,18,19). The summed E-state index contributed by atoms with van der Waals surface area (Å²) in [4.78, 5) is 13.5. The van der Waals surface area contributed by atoms with Crippen LogP contribution in [0, 0.1) is 5.82 Å². The summed E-state index contributed by atoms with van der Waals surface area (Å²) < 4.78 is 13.3. The van der Waals surface area contributed by atoms with Crippen LogP contribution in [0.3, 0.4) is 0 Å². The molecule has 3 nitrogen and oxygen atoms in total. The molecule has 1 saturated heterocycles. The highest BCUT2D eigenvalue weighted by atomic mass is 19.1. The van der Waals surface area contributed by atoms with Gasteiger partial charge in [-0.1, -0.05) is 13.3 Å². The van der Waals surface area contributed by atoms with Crippen molar-refractivity contribution in [1.82, 2.24) is 4.90 Å². The average molecular weight is 265 g/mol. The Bertz CT molecular complexity index is 461. The summed E-state index contributed by atoms with van der Waals surface area (Å²) in [5.41, 5.74) is 0.787. The Labute approximate surface area is 113 Å². The third-order valence-electron chi connectivity index (χ3n) is 3.89. The second-order valence-electron chi connectivity index (χ2n) is 5.13. The summed E-state index contributed by atoms with van der Waals surface area (Å²) in [7, 11) is 0. The zero-order valence-electron chi connectivity index (χ0n) is 11.2. The second kappa shape index (κ2) is 6.15. The molecule has 0 bridgehead atoms. The first kappa shape index (κ1) is 14.0. The Kier molecular flexibility index (Phi) is 4.53. The molecule has 0 amide bonds. The van der Waals surface area contributed by atoms with Crippen LogP contribution in [-0.4, -0.2) is 28.6 Å². The van der Waals surface area contributed by atoms with Crippen LogP contribution >= 0.6 is 0 Å². The lowest BCUT2D eigenvalue weighted by atomic mass is 9.98. The molecule has 2 rings (SSSR count). The van der Waals surface area contributed by atoms with Gasteiger partial charge < -0.3 is 5.11 Å². The van der Waals surface area contributed by atoms with Crippen molar-refractivity contribution in [3.63, 3.8) is 0 Å². The van der Waals surface area contributed by atoms with Gasteiger partial charge in [-0.2, -0.15) is 0 Å². The van der Waals surface area contributed by atoms with E-state index < -0.39 is 5.97 Å². The number of carboxylic acid groups (broad SMARTS) is 1. The monoisotopic (exact) mass is 265 g/mol. The number of piperidine rings is 1. The molecule has 1 aromatic rings. The number of aromatic carboxylic acids is 1. The lowest BCUT2D eigenvalue weighted by Crippen LogP contribution is -2.38. The number of likely N-dealkylation sites (tertiary alicyclic amines) is 1. The molecule has 1 aliphatic rings. The fourth-order valence-corrected chi connectivity index (χ4v) is 2.85. The van der Waals surface area contributed by atoms with E-state index >= 15 is 0 Å². The van der Waals surface area contributed by atoms with Gasteiger partial charge in [0.15, 0.2) is 0 Å². The summed E-state index contributed by atoms with van der Waals surface area (Å²) in [6.45, 7) is 3.64. The fourth-order valence-electron chi connectivity index (χ4n) is 2.85. The van der Waals surface area contributed by atoms with Crippen molar-refractivity contribution in [2.45, 2.75) is 45.2 Å². The van der Waals surface area contributed by atoms with Crippen LogP contribution in [0.25, 0.3) is 0 Å². The van der Waals surface area contributed by atoms with E-state index in [9.17, 15) is 9.18 Å². The number of hydrogen-bond acceptors (Lipinski definition) is 2. The fraction of sp³-hybridized carbons (Fsp3) is 0.533. The number of halogens is 1. The third-order valence-corrected chi connectivity index (χ3v) is 3.89. The van der Waals surface area contributed by atoms with Crippen LogP contribution in [0.5, 0.6) is 0 Å². The Morgan fingerprint density at radius 1 is 1.47 bits per heavy atom. The molecule has 4 heteroatoms. The lowest BCUT2D eigenvalue weighted by Gasteiger charge is -2.35. The van der Waals surface area contributed by atoms with Crippen molar-refractivity contribution in [2.24, 2.45) is 0 Å². The van der Waals surface area contributed by atoms with Crippen molar-refractivity contribution in [3.8, 4) is 0 Å². The van der Waals surface area contributed by atoms with Crippen LogP contribution in [0.1, 0.15) is 48.5 Å². The van der Waals surface area contributed by atoms with Crippen LogP contribution < -0.4 is 0 Å². The van der Waals surface area contributed by atoms with Gasteiger partial charge in [0.1, 0.15) is 5.82 Å². The Morgan fingerprint density at radius 3 is 2.95 bits per heavy atom. The van der Waals surface area contributed by atoms with Crippen LogP contribution in [0.4, 0.5) is 4.39 Å². The van der Waals surface area contributed by atoms with Gasteiger partial charge in [-0.15, -0.1) is 0 Å². The van der Waals surface area contributed by atoms with E-state index in [-0.39, 0.29) is 11.4 Å². The predicted octanol–water partition coefficient (Wildman–Crippen LogP) is 3.29. The molecular weight excluding hydrogens is 245 g/mol. The van der Waals surface area contributed by atoms with Gasteiger partial charge in [0, 0.05) is 12.6 Å². The summed E-state index contributed by atoms with van der Waals surface area (Å²) in [5.74, 6) is -1.36. The highest BCUT2D eigenvalue weighted by Gasteiger charge is 2.22. The van der Waals surface area contributed by atoms with Gasteiger partial charge >= 0.3 is 5.97 Å². The average Bonchev–Trinajstić information content (AvgIpc) is 2.39. The minimum absolute atomic E-state index is 0.210. The van der Waals surface area contributed by atoms with E-state index in [4.69, 9.17) is 5.11 Å². The minimum Gasteiger partial charge on any atom is -0.478 e. The van der Waals surface area contributed by atoms with E-state index in [0.29, 0.717) is 18.2 Å². The zero-order chi connectivity index (χ0) is 13.8. The molecule has 1 aliphatic heterocycles.